The molecule has 0 fully saturated rings. The summed E-state index contributed by atoms with van der Waals surface area (Å²) in [5.41, 5.74) is 3.61. The molecule has 0 bridgehead atoms. The van der Waals surface area contributed by atoms with Crippen LogP contribution in [0.25, 0.3) is 21.9 Å². The van der Waals surface area contributed by atoms with E-state index in [1.807, 2.05) is 30.3 Å². The molecule has 2 heterocycles. The molecular formula is C19H19N5O. The van der Waals surface area contributed by atoms with Crippen LogP contribution in [0.5, 0.6) is 0 Å². The molecule has 0 amide bonds. The number of imidazole rings is 1. The van der Waals surface area contributed by atoms with Crippen LogP contribution in [-0.2, 0) is 13.1 Å². The van der Waals surface area contributed by atoms with E-state index in [0.717, 1.165) is 34.2 Å². The minimum absolute atomic E-state index is 0.0843. The van der Waals surface area contributed by atoms with Gasteiger partial charge in [0, 0.05) is 18.5 Å². The average Bonchev–Trinajstić information content (AvgIpc) is 2.94. The first-order valence-corrected chi connectivity index (χ1v) is 8.41. The van der Waals surface area contributed by atoms with Crippen molar-refractivity contribution >= 4 is 27.8 Å². The zero-order valence-electron chi connectivity index (χ0n) is 14.0. The van der Waals surface area contributed by atoms with Crippen LogP contribution in [0.15, 0.2) is 53.6 Å². The number of H-pyrrole nitrogens is 1. The molecule has 0 radical (unpaired) electrons. The van der Waals surface area contributed by atoms with Crippen LogP contribution in [-0.4, -0.2) is 19.5 Å². The highest BCUT2D eigenvalue weighted by molar-refractivity contribution is 5.98. The van der Waals surface area contributed by atoms with Crippen molar-refractivity contribution in [2.24, 2.45) is 0 Å². The molecule has 0 aliphatic carbocycles. The zero-order valence-corrected chi connectivity index (χ0v) is 14.0. The van der Waals surface area contributed by atoms with E-state index in [1.54, 1.807) is 10.9 Å². The van der Waals surface area contributed by atoms with E-state index in [4.69, 9.17) is 0 Å². The number of nitrogens with zero attached hydrogens (tertiary/aromatic N) is 3. The van der Waals surface area contributed by atoms with Crippen LogP contribution in [0.1, 0.15) is 18.9 Å². The fraction of sp³-hybridized carbons (Fsp3) is 0.211. The summed E-state index contributed by atoms with van der Waals surface area (Å²) < 4.78 is 1.76. The summed E-state index contributed by atoms with van der Waals surface area (Å²) in [7, 11) is 0. The van der Waals surface area contributed by atoms with Gasteiger partial charge in [-0.25, -0.2) is 14.8 Å². The second-order valence-electron chi connectivity index (χ2n) is 6.03. The Kier molecular flexibility index (Phi) is 3.93. The summed E-state index contributed by atoms with van der Waals surface area (Å²) in [5, 5.41) is 4.26. The van der Waals surface area contributed by atoms with E-state index < -0.39 is 0 Å². The van der Waals surface area contributed by atoms with E-state index in [0.29, 0.717) is 13.1 Å². The molecule has 2 aromatic heterocycles. The first-order chi connectivity index (χ1) is 12.3. The quantitative estimate of drug-likeness (QED) is 0.587. The van der Waals surface area contributed by atoms with E-state index in [1.165, 1.54) is 5.56 Å². The van der Waals surface area contributed by atoms with E-state index in [-0.39, 0.29) is 5.69 Å². The summed E-state index contributed by atoms with van der Waals surface area (Å²) in [6, 6.07) is 14.1. The third-order valence-electron chi connectivity index (χ3n) is 4.28. The molecule has 0 saturated heterocycles. The number of benzene rings is 2. The Balaban J connectivity index is 1.77. The highest BCUT2D eigenvalue weighted by Crippen LogP contribution is 2.24. The number of hydrogen-bond donors (Lipinski definition) is 2. The monoisotopic (exact) mass is 333 g/mol. The number of aromatic nitrogens is 4. The molecule has 2 N–H and O–H groups in total. The van der Waals surface area contributed by atoms with Crippen molar-refractivity contribution in [2.75, 3.05) is 5.32 Å². The number of aromatic amines is 1. The normalized spacial score (nSPS) is 11.2. The Morgan fingerprint density at radius 3 is 2.80 bits per heavy atom. The molecule has 6 heteroatoms. The zero-order chi connectivity index (χ0) is 17.2. The third kappa shape index (κ3) is 2.87. The van der Waals surface area contributed by atoms with Gasteiger partial charge in [-0.3, -0.25) is 4.57 Å². The van der Waals surface area contributed by atoms with Gasteiger partial charge >= 0.3 is 5.69 Å². The number of nitrogens with one attached hydrogen (secondary N) is 2. The van der Waals surface area contributed by atoms with Crippen LogP contribution in [0, 0.1) is 0 Å². The van der Waals surface area contributed by atoms with Crippen LogP contribution < -0.4 is 11.0 Å². The number of aryl methyl sites for hydroxylation is 1. The van der Waals surface area contributed by atoms with Crippen LogP contribution in [0.4, 0.5) is 5.82 Å². The smallest absolute Gasteiger partial charge is 0.326 e. The molecule has 126 valence electrons. The largest absolute Gasteiger partial charge is 0.365 e. The lowest BCUT2D eigenvalue weighted by Crippen LogP contribution is -2.16. The fourth-order valence-corrected chi connectivity index (χ4v) is 3.08. The van der Waals surface area contributed by atoms with Gasteiger partial charge in [0.2, 0.25) is 0 Å². The van der Waals surface area contributed by atoms with Gasteiger partial charge in [0.1, 0.15) is 12.1 Å². The first kappa shape index (κ1) is 15.4. The minimum atomic E-state index is -0.0843. The molecule has 0 aliphatic heterocycles. The van der Waals surface area contributed by atoms with Crippen LogP contribution >= 0.6 is 0 Å². The van der Waals surface area contributed by atoms with Crippen molar-refractivity contribution < 1.29 is 0 Å². The molecule has 0 unspecified atom stereocenters. The van der Waals surface area contributed by atoms with Gasteiger partial charge in [-0.15, -0.1) is 0 Å². The van der Waals surface area contributed by atoms with Crippen molar-refractivity contribution in [3.8, 4) is 0 Å². The predicted octanol–water partition coefficient (Wildman–Crippen LogP) is 3.29. The minimum Gasteiger partial charge on any atom is -0.365 e. The summed E-state index contributed by atoms with van der Waals surface area (Å²) in [5.74, 6) is 0.764. The van der Waals surface area contributed by atoms with Crippen molar-refractivity contribution in [2.45, 2.75) is 26.4 Å². The lowest BCUT2D eigenvalue weighted by molar-refractivity contribution is 0.675. The Morgan fingerprint density at radius 2 is 2.00 bits per heavy atom. The van der Waals surface area contributed by atoms with Crippen molar-refractivity contribution in [3.05, 3.63) is 64.8 Å². The second-order valence-corrected chi connectivity index (χ2v) is 6.03. The van der Waals surface area contributed by atoms with Gasteiger partial charge < -0.3 is 10.3 Å². The molecule has 0 aliphatic rings. The molecule has 4 rings (SSSR count). The summed E-state index contributed by atoms with van der Waals surface area (Å²) in [6.45, 7) is 3.42. The summed E-state index contributed by atoms with van der Waals surface area (Å²) >= 11 is 0. The maximum absolute atomic E-state index is 12.2. The van der Waals surface area contributed by atoms with Crippen molar-refractivity contribution in [1.82, 2.24) is 19.5 Å². The molecule has 2 aromatic carbocycles. The highest BCUT2D eigenvalue weighted by atomic mass is 16.1. The average molecular weight is 333 g/mol. The third-order valence-corrected chi connectivity index (χ3v) is 4.28. The Bertz CT molecular complexity index is 1080. The van der Waals surface area contributed by atoms with Crippen LogP contribution in [0.2, 0.25) is 0 Å². The van der Waals surface area contributed by atoms with E-state index in [9.17, 15) is 4.79 Å². The van der Waals surface area contributed by atoms with Gasteiger partial charge in [0.15, 0.2) is 0 Å². The SMILES string of the molecule is CCCn1c(=O)[nH]c2cc3c(NCc4ccccc4)ncnc3cc21. The molecule has 0 atom stereocenters. The molecule has 25 heavy (non-hydrogen) atoms. The van der Waals surface area contributed by atoms with E-state index in [2.05, 4.69) is 39.3 Å². The number of fused-ring (bicyclic) bond motifs is 2. The van der Waals surface area contributed by atoms with Gasteiger partial charge in [0.05, 0.1) is 16.6 Å². The number of anilines is 1. The predicted molar refractivity (Wildman–Crippen MR) is 99.7 cm³/mol. The standard InChI is InChI=1S/C19H19N5O/c1-2-8-24-17-10-15-14(9-16(17)23-19(24)25)18(22-12-21-15)20-11-13-6-4-3-5-7-13/h3-7,9-10,12H,2,8,11H2,1H3,(H,23,25)(H,20,21,22). The maximum atomic E-state index is 12.2. The van der Waals surface area contributed by atoms with Gasteiger partial charge in [-0.1, -0.05) is 37.3 Å². The van der Waals surface area contributed by atoms with Gasteiger partial charge in [-0.2, -0.15) is 0 Å². The van der Waals surface area contributed by atoms with Gasteiger partial charge in [-0.05, 0) is 24.1 Å². The molecule has 4 aromatic rings. The van der Waals surface area contributed by atoms with E-state index >= 15 is 0 Å². The second kappa shape index (κ2) is 6.39. The Morgan fingerprint density at radius 1 is 1.16 bits per heavy atom. The lowest BCUT2D eigenvalue weighted by Gasteiger charge is -2.09. The van der Waals surface area contributed by atoms with Crippen LogP contribution in [0.3, 0.4) is 0 Å². The van der Waals surface area contributed by atoms with Crippen molar-refractivity contribution in [3.63, 3.8) is 0 Å². The van der Waals surface area contributed by atoms with Gasteiger partial charge in [0.25, 0.3) is 0 Å². The first-order valence-electron chi connectivity index (χ1n) is 8.41. The lowest BCUT2D eigenvalue weighted by atomic mass is 10.2. The van der Waals surface area contributed by atoms with Crippen molar-refractivity contribution in [1.29, 1.82) is 0 Å². The molecule has 0 spiro atoms. The maximum Gasteiger partial charge on any atom is 0.326 e. The summed E-state index contributed by atoms with van der Waals surface area (Å²) in [6.07, 6.45) is 2.45. The summed E-state index contributed by atoms with van der Waals surface area (Å²) in [4.78, 5) is 23.8. The Labute approximate surface area is 144 Å². The number of hydrogen-bond acceptors (Lipinski definition) is 4. The molecule has 6 nitrogen and oxygen atoms in total. The molecule has 0 saturated carbocycles. The highest BCUT2D eigenvalue weighted by Gasteiger charge is 2.11. The fourth-order valence-electron chi connectivity index (χ4n) is 3.08. The molecular weight excluding hydrogens is 314 g/mol. The Hall–Kier alpha value is -3.15. The number of rotatable bonds is 5. The topological polar surface area (TPSA) is 75.6 Å².